The molecule has 2 atom stereocenters. The predicted molar refractivity (Wildman–Crippen MR) is 64.9 cm³/mol. The van der Waals surface area contributed by atoms with E-state index in [0.717, 1.165) is 26.0 Å². The minimum atomic E-state index is -0.195. The minimum absolute atomic E-state index is 0.195. The molecule has 2 rings (SSSR count). The average molecular weight is 237 g/mol. The molecule has 1 aliphatic heterocycles. The van der Waals surface area contributed by atoms with E-state index in [2.05, 4.69) is 17.2 Å². The molecule has 0 aromatic carbocycles. The predicted octanol–water partition coefficient (Wildman–Crippen LogP) is 0.400. The van der Waals surface area contributed by atoms with Crippen LogP contribution in [0.1, 0.15) is 19.8 Å². The molecule has 94 valence electrons. The lowest BCUT2D eigenvalue weighted by Gasteiger charge is -2.20. The van der Waals surface area contributed by atoms with Crippen molar-refractivity contribution in [1.82, 2.24) is 14.9 Å². The van der Waals surface area contributed by atoms with E-state index in [1.165, 1.54) is 6.20 Å². The number of hydrogen-bond donors (Lipinski definition) is 1. The Kier molecular flexibility index (Phi) is 4.28. The van der Waals surface area contributed by atoms with Gasteiger partial charge in [-0.05, 0) is 25.8 Å². The fourth-order valence-electron chi connectivity index (χ4n) is 2.10. The van der Waals surface area contributed by atoms with Gasteiger partial charge in [-0.15, -0.1) is 0 Å². The highest BCUT2D eigenvalue weighted by atomic mass is 16.5. The van der Waals surface area contributed by atoms with Crippen molar-refractivity contribution in [3.8, 4) is 0 Å². The third-order valence-corrected chi connectivity index (χ3v) is 3.12. The number of rotatable bonds is 5. The first-order valence-electron chi connectivity index (χ1n) is 6.14. The van der Waals surface area contributed by atoms with Crippen molar-refractivity contribution < 1.29 is 4.74 Å². The third-order valence-electron chi connectivity index (χ3n) is 3.12. The van der Waals surface area contributed by atoms with Gasteiger partial charge in [0, 0.05) is 38.1 Å². The minimum Gasteiger partial charge on any atom is -0.377 e. The fraction of sp³-hybridized carbons (Fsp3) is 0.667. The molecule has 2 unspecified atom stereocenters. The van der Waals surface area contributed by atoms with Crippen molar-refractivity contribution in [3.05, 3.63) is 28.9 Å². The molecule has 0 bridgehead atoms. The Morgan fingerprint density at radius 3 is 3.29 bits per heavy atom. The molecule has 0 spiro atoms. The largest absolute Gasteiger partial charge is 0.377 e. The van der Waals surface area contributed by atoms with Gasteiger partial charge in [0.05, 0.1) is 6.10 Å². The molecular formula is C12H19N3O2. The monoisotopic (exact) mass is 237 g/mol. The summed E-state index contributed by atoms with van der Waals surface area (Å²) in [6.07, 6.45) is 5.87. The van der Waals surface area contributed by atoms with Crippen LogP contribution in [0.2, 0.25) is 0 Å². The van der Waals surface area contributed by atoms with Crippen molar-refractivity contribution in [2.24, 2.45) is 0 Å². The molecule has 0 saturated carbocycles. The standard InChI is InChI=1S/C12H19N3O2/c1-10(11-4-2-9-17-11)13-6-8-15-7-3-5-14-12(15)16/h3,5,7,10-11,13H,2,4,6,8-9H2,1H3. The van der Waals surface area contributed by atoms with Crippen LogP contribution in [0.3, 0.4) is 0 Å². The molecule has 1 N–H and O–H groups in total. The Morgan fingerprint density at radius 2 is 2.59 bits per heavy atom. The highest BCUT2D eigenvalue weighted by Gasteiger charge is 2.21. The fourth-order valence-corrected chi connectivity index (χ4v) is 2.10. The normalized spacial score (nSPS) is 21.6. The van der Waals surface area contributed by atoms with Crippen molar-refractivity contribution in [2.75, 3.05) is 13.2 Å². The second-order valence-corrected chi connectivity index (χ2v) is 4.39. The maximum Gasteiger partial charge on any atom is 0.347 e. The van der Waals surface area contributed by atoms with Crippen molar-refractivity contribution in [1.29, 1.82) is 0 Å². The van der Waals surface area contributed by atoms with E-state index in [1.54, 1.807) is 16.8 Å². The molecule has 1 aromatic rings. The van der Waals surface area contributed by atoms with Gasteiger partial charge in [-0.25, -0.2) is 9.78 Å². The van der Waals surface area contributed by atoms with Gasteiger partial charge in [0.15, 0.2) is 0 Å². The first-order valence-corrected chi connectivity index (χ1v) is 6.14. The van der Waals surface area contributed by atoms with Crippen LogP contribution in [0.15, 0.2) is 23.3 Å². The number of nitrogens with zero attached hydrogens (tertiary/aromatic N) is 2. The van der Waals surface area contributed by atoms with Gasteiger partial charge in [0.1, 0.15) is 0 Å². The van der Waals surface area contributed by atoms with Crippen LogP contribution in [0.5, 0.6) is 0 Å². The Balaban J connectivity index is 1.76. The Bertz CT molecular complexity index is 399. The summed E-state index contributed by atoms with van der Waals surface area (Å²) < 4.78 is 7.20. The van der Waals surface area contributed by atoms with Gasteiger partial charge in [-0.2, -0.15) is 0 Å². The zero-order valence-electron chi connectivity index (χ0n) is 10.1. The summed E-state index contributed by atoms with van der Waals surface area (Å²) in [6.45, 7) is 4.40. The molecule has 2 heterocycles. The Labute approximate surface area is 101 Å². The summed E-state index contributed by atoms with van der Waals surface area (Å²) in [5, 5.41) is 3.39. The highest BCUT2D eigenvalue weighted by molar-refractivity contribution is 4.82. The highest BCUT2D eigenvalue weighted by Crippen LogP contribution is 2.14. The van der Waals surface area contributed by atoms with E-state index < -0.39 is 0 Å². The Morgan fingerprint density at radius 1 is 1.71 bits per heavy atom. The molecule has 5 heteroatoms. The van der Waals surface area contributed by atoms with Crippen LogP contribution >= 0.6 is 0 Å². The zero-order chi connectivity index (χ0) is 12.1. The van der Waals surface area contributed by atoms with Crippen LogP contribution in [0.25, 0.3) is 0 Å². The number of aromatic nitrogens is 2. The van der Waals surface area contributed by atoms with E-state index in [1.807, 2.05) is 0 Å². The molecule has 1 saturated heterocycles. The van der Waals surface area contributed by atoms with Crippen molar-refractivity contribution in [3.63, 3.8) is 0 Å². The van der Waals surface area contributed by atoms with E-state index in [4.69, 9.17) is 4.74 Å². The summed E-state index contributed by atoms with van der Waals surface area (Å²) in [5.41, 5.74) is -0.195. The summed E-state index contributed by atoms with van der Waals surface area (Å²) in [7, 11) is 0. The first-order chi connectivity index (χ1) is 8.27. The van der Waals surface area contributed by atoms with Crippen LogP contribution < -0.4 is 11.0 Å². The number of ether oxygens (including phenoxy) is 1. The lowest BCUT2D eigenvalue weighted by atomic mass is 10.1. The van der Waals surface area contributed by atoms with Crippen LogP contribution in [-0.2, 0) is 11.3 Å². The smallest absolute Gasteiger partial charge is 0.347 e. The summed E-state index contributed by atoms with van der Waals surface area (Å²) in [5.74, 6) is 0. The SMILES string of the molecule is CC(NCCn1cccnc1=O)C1CCCO1. The van der Waals surface area contributed by atoms with E-state index in [-0.39, 0.29) is 5.69 Å². The first kappa shape index (κ1) is 12.3. The van der Waals surface area contributed by atoms with Gasteiger partial charge in [0.2, 0.25) is 0 Å². The van der Waals surface area contributed by atoms with Crippen molar-refractivity contribution in [2.45, 2.75) is 38.5 Å². The molecule has 0 amide bonds. The van der Waals surface area contributed by atoms with Gasteiger partial charge in [0.25, 0.3) is 0 Å². The van der Waals surface area contributed by atoms with E-state index >= 15 is 0 Å². The molecule has 0 aliphatic carbocycles. The number of nitrogens with one attached hydrogen (secondary N) is 1. The zero-order valence-corrected chi connectivity index (χ0v) is 10.1. The lowest BCUT2D eigenvalue weighted by molar-refractivity contribution is 0.0835. The molecule has 1 aromatic heterocycles. The molecular weight excluding hydrogens is 218 g/mol. The maximum atomic E-state index is 11.4. The third kappa shape index (κ3) is 3.38. The quantitative estimate of drug-likeness (QED) is 0.805. The second-order valence-electron chi connectivity index (χ2n) is 4.39. The molecule has 0 radical (unpaired) electrons. The van der Waals surface area contributed by atoms with Gasteiger partial charge >= 0.3 is 5.69 Å². The van der Waals surface area contributed by atoms with Gasteiger partial charge in [-0.3, -0.25) is 4.57 Å². The summed E-state index contributed by atoms with van der Waals surface area (Å²) in [4.78, 5) is 15.1. The maximum absolute atomic E-state index is 11.4. The molecule has 1 fully saturated rings. The summed E-state index contributed by atoms with van der Waals surface area (Å²) >= 11 is 0. The van der Waals surface area contributed by atoms with Gasteiger partial charge < -0.3 is 10.1 Å². The average Bonchev–Trinajstić information content (AvgIpc) is 2.85. The van der Waals surface area contributed by atoms with Crippen LogP contribution in [-0.4, -0.2) is 34.8 Å². The van der Waals surface area contributed by atoms with Crippen LogP contribution in [0.4, 0.5) is 0 Å². The lowest BCUT2D eigenvalue weighted by Crippen LogP contribution is -2.39. The van der Waals surface area contributed by atoms with Crippen molar-refractivity contribution >= 4 is 0 Å². The molecule has 5 nitrogen and oxygen atoms in total. The Hall–Kier alpha value is -1.20. The topological polar surface area (TPSA) is 56.2 Å². The van der Waals surface area contributed by atoms with E-state index in [9.17, 15) is 4.79 Å². The molecule has 17 heavy (non-hydrogen) atoms. The second kappa shape index (κ2) is 5.93. The number of hydrogen-bond acceptors (Lipinski definition) is 4. The van der Waals surface area contributed by atoms with Crippen LogP contribution in [0, 0.1) is 0 Å². The molecule has 1 aliphatic rings. The van der Waals surface area contributed by atoms with Gasteiger partial charge in [-0.1, -0.05) is 0 Å². The van der Waals surface area contributed by atoms with E-state index in [0.29, 0.717) is 18.7 Å². The summed E-state index contributed by atoms with van der Waals surface area (Å²) in [6, 6.07) is 2.11.